The van der Waals surface area contributed by atoms with Crippen LogP contribution < -0.4 is 5.32 Å². The number of hydrogen-bond donors (Lipinski definition) is 1. The van der Waals surface area contributed by atoms with E-state index in [4.69, 9.17) is 0 Å². The molecule has 0 unspecified atom stereocenters. The number of amides is 1. The number of nitrogens with one attached hydrogen (secondary N) is 1. The molecule has 0 spiro atoms. The van der Waals surface area contributed by atoms with Crippen LogP contribution in [0.3, 0.4) is 0 Å². The number of nitrogens with zero attached hydrogens (tertiary/aromatic N) is 1. The van der Waals surface area contributed by atoms with E-state index in [1.54, 1.807) is 0 Å². The van der Waals surface area contributed by atoms with E-state index < -0.39 is 0 Å². The highest BCUT2D eigenvalue weighted by Gasteiger charge is 2.45. The predicted molar refractivity (Wildman–Crippen MR) is 85.3 cm³/mol. The molecule has 0 radical (unpaired) electrons. The second kappa shape index (κ2) is 5.80. The molecular weight excluding hydrogens is 260 g/mol. The van der Waals surface area contributed by atoms with Gasteiger partial charge in [0.15, 0.2) is 0 Å². The highest BCUT2D eigenvalue weighted by Crippen LogP contribution is 2.39. The number of piperidine rings is 1. The van der Waals surface area contributed by atoms with Crippen molar-refractivity contribution in [2.75, 3.05) is 13.6 Å². The molecule has 1 N–H and O–H groups in total. The molecule has 3 nitrogen and oxygen atoms in total. The van der Waals surface area contributed by atoms with Crippen molar-refractivity contribution in [3.63, 3.8) is 0 Å². The zero-order chi connectivity index (χ0) is 14.9. The van der Waals surface area contributed by atoms with Gasteiger partial charge in [0, 0.05) is 5.54 Å². The molecule has 3 heteroatoms. The summed E-state index contributed by atoms with van der Waals surface area (Å²) < 4.78 is 0. The van der Waals surface area contributed by atoms with E-state index in [0.29, 0.717) is 0 Å². The van der Waals surface area contributed by atoms with E-state index in [1.165, 1.54) is 24.0 Å². The van der Waals surface area contributed by atoms with Gasteiger partial charge in [0.2, 0.25) is 5.91 Å². The number of carbonyl (C=O) groups excluding carboxylic acids is 1. The Labute approximate surface area is 127 Å². The van der Waals surface area contributed by atoms with Crippen molar-refractivity contribution in [3.8, 4) is 0 Å². The first kappa shape index (κ1) is 14.6. The van der Waals surface area contributed by atoms with Crippen molar-refractivity contribution in [1.82, 2.24) is 10.2 Å². The van der Waals surface area contributed by atoms with E-state index in [9.17, 15) is 4.79 Å². The molecule has 3 rings (SSSR count). The molecule has 1 aliphatic carbocycles. The van der Waals surface area contributed by atoms with Crippen molar-refractivity contribution in [3.05, 3.63) is 35.4 Å². The maximum absolute atomic E-state index is 12.6. The van der Waals surface area contributed by atoms with Gasteiger partial charge >= 0.3 is 0 Å². The van der Waals surface area contributed by atoms with Crippen LogP contribution >= 0.6 is 0 Å². The average Bonchev–Trinajstić information content (AvgIpc) is 3.21. The Morgan fingerprint density at radius 1 is 1.33 bits per heavy atom. The fraction of sp³-hybridized carbons (Fsp3) is 0.611. The normalized spacial score (nSPS) is 24.6. The van der Waals surface area contributed by atoms with E-state index in [-0.39, 0.29) is 17.5 Å². The Hall–Kier alpha value is -1.35. The Bertz CT molecular complexity index is 522. The van der Waals surface area contributed by atoms with Gasteiger partial charge in [-0.05, 0) is 63.7 Å². The predicted octanol–water partition coefficient (Wildman–Crippen LogP) is 2.67. The van der Waals surface area contributed by atoms with Gasteiger partial charge in [-0.1, -0.05) is 30.7 Å². The second-order valence-corrected chi connectivity index (χ2v) is 6.87. The van der Waals surface area contributed by atoms with E-state index in [0.717, 1.165) is 32.2 Å². The summed E-state index contributed by atoms with van der Waals surface area (Å²) in [6.07, 6.45) is 6.60. The molecule has 1 saturated carbocycles. The molecule has 1 aromatic carbocycles. The molecule has 1 amide bonds. The Kier molecular flexibility index (Phi) is 4.03. The van der Waals surface area contributed by atoms with Crippen LogP contribution in [0.4, 0.5) is 0 Å². The van der Waals surface area contributed by atoms with Crippen LogP contribution in [0.25, 0.3) is 0 Å². The fourth-order valence-corrected chi connectivity index (χ4v) is 3.42. The second-order valence-electron chi connectivity index (χ2n) is 6.87. The van der Waals surface area contributed by atoms with Crippen LogP contribution in [-0.4, -0.2) is 36.0 Å². The van der Waals surface area contributed by atoms with Gasteiger partial charge in [0.1, 0.15) is 0 Å². The van der Waals surface area contributed by atoms with E-state index in [2.05, 4.69) is 48.5 Å². The van der Waals surface area contributed by atoms with Gasteiger partial charge in [-0.25, -0.2) is 0 Å². The summed E-state index contributed by atoms with van der Waals surface area (Å²) in [4.78, 5) is 14.8. The molecule has 1 atom stereocenters. The fourth-order valence-electron chi connectivity index (χ4n) is 3.42. The van der Waals surface area contributed by atoms with Crippen LogP contribution in [0, 0.1) is 6.92 Å². The summed E-state index contributed by atoms with van der Waals surface area (Å²) in [7, 11) is 2.07. The minimum Gasteiger partial charge on any atom is -0.349 e. The first-order valence-corrected chi connectivity index (χ1v) is 8.16. The van der Waals surface area contributed by atoms with Crippen molar-refractivity contribution >= 4 is 5.91 Å². The van der Waals surface area contributed by atoms with Crippen molar-refractivity contribution < 1.29 is 4.79 Å². The third kappa shape index (κ3) is 3.29. The molecule has 0 bridgehead atoms. The quantitative estimate of drug-likeness (QED) is 0.923. The number of hydrogen-bond acceptors (Lipinski definition) is 2. The summed E-state index contributed by atoms with van der Waals surface area (Å²) >= 11 is 0. The smallest absolute Gasteiger partial charge is 0.237 e. The van der Waals surface area contributed by atoms with Gasteiger partial charge in [-0.15, -0.1) is 0 Å². The van der Waals surface area contributed by atoms with Crippen molar-refractivity contribution in [2.45, 2.75) is 57.0 Å². The zero-order valence-corrected chi connectivity index (χ0v) is 13.2. The molecule has 2 fully saturated rings. The number of benzene rings is 1. The summed E-state index contributed by atoms with van der Waals surface area (Å²) in [5.41, 5.74) is 2.72. The van der Waals surface area contributed by atoms with Gasteiger partial charge in [0.05, 0.1) is 6.04 Å². The minimum absolute atomic E-state index is 0.0292. The van der Waals surface area contributed by atoms with Gasteiger partial charge in [-0.2, -0.15) is 0 Å². The van der Waals surface area contributed by atoms with Crippen LogP contribution in [0.5, 0.6) is 0 Å². The van der Waals surface area contributed by atoms with E-state index in [1.807, 2.05) is 0 Å². The zero-order valence-electron chi connectivity index (χ0n) is 13.2. The third-order valence-electron chi connectivity index (χ3n) is 5.11. The number of likely N-dealkylation sites (tertiary alicyclic amines) is 1. The molecule has 2 aliphatic rings. The van der Waals surface area contributed by atoms with Gasteiger partial charge in [-0.3, -0.25) is 9.69 Å². The Morgan fingerprint density at radius 3 is 2.76 bits per heavy atom. The lowest BCUT2D eigenvalue weighted by Crippen LogP contribution is -2.51. The largest absolute Gasteiger partial charge is 0.349 e. The molecular formula is C18H26N2O. The van der Waals surface area contributed by atoms with Gasteiger partial charge in [0.25, 0.3) is 0 Å². The summed E-state index contributed by atoms with van der Waals surface area (Å²) in [6, 6.07) is 8.59. The lowest BCUT2D eigenvalue weighted by atomic mass is 9.98. The first-order chi connectivity index (χ1) is 10.1. The Balaban J connectivity index is 1.64. The number of rotatable bonds is 4. The maximum Gasteiger partial charge on any atom is 0.237 e. The lowest BCUT2D eigenvalue weighted by molar-refractivity contribution is -0.128. The van der Waals surface area contributed by atoms with Crippen LogP contribution in [0.15, 0.2) is 24.3 Å². The molecule has 1 saturated heterocycles. The summed E-state index contributed by atoms with van der Waals surface area (Å²) in [5, 5.41) is 3.36. The number of likely N-dealkylation sites (N-methyl/N-ethyl adjacent to an activating group) is 1. The van der Waals surface area contributed by atoms with Crippen LogP contribution in [-0.2, 0) is 11.2 Å². The molecule has 1 aliphatic heterocycles. The standard InChI is InChI=1S/C18H26N2O/c1-14-7-3-4-8-15(14)13-18(10-11-18)19-17(21)16-9-5-6-12-20(16)2/h3-4,7-8,16H,5-6,9-13H2,1-2H3,(H,19,21)/t16-/m1/s1. The Morgan fingerprint density at radius 2 is 2.10 bits per heavy atom. The maximum atomic E-state index is 12.6. The summed E-state index contributed by atoms with van der Waals surface area (Å²) in [6.45, 7) is 3.20. The molecule has 1 aromatic rings. The third-order valence-corrected chi connectivity index (χ3v) is 5.11. The monoisotopic (exact) mass is 286 g/mol. The molecule has 0 aromatic heterocycles. The lowest BCUT2D eigenvalue weighted by Gasteiger charge is -2.32. The minimum atomic E-state index is 0.0292. The molecule has 1 heterocycles. The topological polar surface area (TPSA) is 32.3 Å². The molecule has 114 valence electrons. The SMILES string of the molecule is Cc1ccccc1CC1(NC(=O)[C@H]2CCCCN2C)CC1. The molecule has 21 heavy (non-hydrogen) atoms. The van der Waals surface area contributed by atoms with Crippen molar-refractivity contribution in [2.24, 2.45) is 0 Å². The average molecular weight is 286 g/mol. The number of carbonyl (C=O) groups is 1. The highest BCUT2D eigenvalue weighted by atomic mass is 16.2. The van der Waals surface area contributed by atoms with Crippen LogP contribution in [0.1, 0.15) is 43.2 Å². The number of aryl methyl sites for hydroxylation is 1. The summed E-state index contributed by atoms with van der Waals surface area (Å²) in [5.74, 6) is 0.239. The highest BCUT2D eigenvalue weighted by molar-refractivity contribution is 5.83. The van der Waals surface area contributed by atoms with Crippen molar-refractivity contribution in [1.29, 1.82) is 0 Å². The first-order valence-electron chi connectivity index (χ1n) is 8.16. The van der Waals surface area contributed by atoms with Crippen LogP contribution in [0.2, 0.25) is 0 Å². The van der Waals surface area contributed by atoms with E-state index >= 15 is 0 Å². The van der Waals surface area contributed by atoms with Gasteiger partial charge < -0.3 is 5.32 Å².